The molecule has 0 spiro atoms. The maximum absolute atomic E-state index is 13.5. The van der Waals surface area contributed by atoms with Gasteiger partial charge in [-0.1, -0.05) is 60.2 Å². The Labute approximate surface area is 182 Å². The number of carboxylic acid groups (broad SMARTS) is 1. The number of benzene rings is 2. The molecule has 1 aliphatic heterocycles. The van der Waals surface area contributed by atoms with E-state index in [9.17, 15) is 14.7 Å². The predicted molar refractivity (Wildman–Crippen MR) is 122 cm³/mol. The van der Waals surface area contributed by atoms with Gasteiger partial charge < -0.3 is 15.0 Å². The molecule has 4 rings (SSSR count). The normalized spacial score (nSPS) is 16.4. The molecule has 0 amide bonds. The van der Waals surface area contributed by atoms with Gasteiger partial charge in [0.25, 0.3) is 0 Å². The Morgan fingerprint density at radius 2 is 1.74 bits per heavy atom. The summed E-state index contributed by atoms with van der Waals surface area (Å²) in [6.07, 6.45) is 2.65. The Morgan fingerprint density at radius 1 is 1.06 bits per heavy atom. The summed E-state index contributed by atoms with van der Waals surface area (Å²) >= 11 is 0. The second-order valence-electron chi connectivity index (χ2n) is 7.91. The van der Waals surface area contributed by atoms with Crippen molar-refractivity contribution in [2.45, 2.75) is 19.8 Å². The molecule has 5 heteroatoms. The first-order valence-corrected chi connectivity index (χ1v) is 10.5. The summed E-state index contributed by atoms with van der Waals surface area (Å²) in [5, 5.41) is 12.6. The van der Waals surface area contributed by atoms with Gasteiger partial charge in [0.2, 0.25) is 0 Å². The Morgan fingerprint density at radius 3 is 2.42 bits per heavy atom. The van der Waals surface area contributed by atoms with Crippen LogP contribution in [-0.2, 0) is 4.79 Å². The lowest BCUT2D eigenvalue weighted by Gasteiger charge is -2.14. The van der Waals surface area contributed by atoms with Crippen molar-refractivity contribution in [3.8, 4) is 16.9 Å². The smallest absolute Gasteiger partial charge is 0.311 e. The first kappa shape index (κ1) is 20.8. The highest BCUT2D eigenvalue weighted by molar-refractivity contribution is 6.03. The highest BCUT2D eigenvalue weighted by Gasteiger charge is 2.24. The van der Waals surface area contributed by atoms with Crippen LogP contribution >= 0.6 is 0 Å². The van der Waals surface area contributed by atoms with E-state index in [0.717, 1.165) is 28.2 Å². The first-order chi connectivity index (χ1) is 15.0. The van der Waals surface area contributed by atoms with Crippen LogP contribution < -0.4 is 5.32 Å². The number of ketones is 1. The van der Waals surface area contributed by atoms with E-state index in [0.29, 0.717) is 25.1 Å². The van der Waals surface area contributed by atoms with Crippen LogP contribution in [0.5, 0.6) is 0 Å². The number of carboxylic acids is 1. The molecule has 0 fully saturated rings. The molecule has 1 atom stereocenters. The van der Waals surface area contributed by atoms with Gasteiger partial charge in [-0.2, -0.15) is 0 Å². The lowest BCUT2D eigenvalue weighted by atomic mass is 9.96. The number of nitrogens with zero attached hydrogens (tertiary/aromatic N) is 1. The third kappa shape index (κ3) is 4.52. The van der Waals surface area contributed by atoms with E-state index in [1.165, 1.54) is 0 Å². The number of para-hydroxylation sites is 1. The molecule has 1 aliphatic rings. The second kappa shape index (κ2) is 9.14. The standard InChI is InChI=1S/C26H26N2O3/c1-18-14-23(24(29)16-19-12-13-27-17-21(15-19)26(30)31)25(20-8-4-2-5-9-20)28(18)22-10-6-3-7-11-22/h2-11,14-15,21,27H,12-13,16-17H2,1H3,(H,30,31). The summed E-state index contributed by atoms with van der Waals surface area (Å²) in [6, 6.07) is 21.9. The van der Waals surface area contributed by atoms with Crippen LogP contribution in [0.2, 0.25) is 0 Å². The van der Waals surface area contributed by atoms with Gasteiger partial charge in [-0.05, 0) is 43.7 Å². The van der Waals surface area contributed by atoms with Crippen molar-refractivity contribution in [3.05, 3.63) is 89.6 Å². The van der Waals surface area contributed by atoms with Crippen LogP contribution in [0.3, 0.4) is 0 Å². The highest BCUT2D eigenvalue weighted by Crippen LogP contribution is 2.32. The van der Waals surface area contributed by atoms with E-state index < -0.39 is 11.9 Å². The molecule has 1 unspecified atom stereocenters. The van der Waals surface area contributed by atoms with Gasteiger partial charge >= 0.3 is 5.97 Å². The molecule has 0 saturated carbocycles. The number of aliphatic carboxylic acids is 1. The second-order valence-corrected chi connectivity index (χ2v) is 7.91. The van der Waals surface area contributed by atoms with Crippen molar-refractivity contribution in [3.63, 3.8) is 0 Å². The van der Waals surface area contributed by atoms with E-state index in [2.05, 4.69) is 9.88 Å². The minimum atomic E-state index is -0.865. The molecule has 0 saturated heterocycles. The van der Waals surface area contributed by atoms with Gasteiger partial charge in [0.05, 0.1) is 11.6 Å². The summed E-state index contributed by atoms with van der Waals surface area (Å²) in [7, 11) is 0. The summed E-state index contributed by atoms with van der Waals surface area (Å²) in [6.45, 7) is 3.08. The number of aromatic nitrogens is 1. The van der Waals surface area contributed by atoms with Crippen molar-refractivity contribution < 1.29 is 14.7 Å². The summed E-state index contributed by atoms with van der Waals surface area (Å²) in [4.78, 5) is 25.0. The third-order valence-electron chi connectivity index (χ3n) is 5.68. The largest absolute Gasteiger partial charge is 0.481 e. The molecule has 2 aromatic carbocycles. The van der Waals surface area contributed by atoms with E-state index in [4.69, 9.17) is 0 Å². The van der Waals surface area contributed by atoms with Crippen molar-refractivity contribution >= 4 is 11.8 Å². The quantitative estimate of drug-likeness (QED) is 0.455. The molecule has 158 valence electrons. The number of rotatable bonds is 6. The van der Waals surface area contributed by atoms with Gasteiger partial charge in [-0.25, -0.2) is 0 Å². The summed E-state index contributed by atoms with van der Waals surface area (Å²) in [5.41, 5.74) is 5.37. The lowest BCUT2D eigenvalue weighted by molar-refractivity contribution is -0.139. The Kier molecular flexibility index (Phi) is 6.14. The Balaban J connectivity index is 1.76. The maximum Gasteiger partial charge on any atom is 0.311 e. The lowest BCUT2D eigenvalue weighted by Crippen LogP contribution is -2.25. The summed E-state index contributed by atoms with van der Waals surface area (Å²) in [5.74, 6) is -1.46. The van der Waals surface area contributed by atoms with Gasteiger partial charge in [0, 0.05) is 29.9 Å². The number of carbonyl (C=O) groups is 2. The SMILES string of the molecule is Cc1cc(C(=O)CC2=CC(C(=O)O)CNCC2)c(-c2ccccc2)n1-c1ccccc1. The van der Waals surface area contributed by atoms with Crippen molar-refractivity contribution in [2.24, 2.45) is 5.92 Å². The van der Waals surface area contributed by atoms with Gasteiger partial charge in [-0.3, -0.25) is 9.59 Å². The fourth-order valence-electron chi connectivity index (χ4n) is 4.18. The number of aryl methyl sites for hydroxylation is 1. The van der Waals surface area contributed by atoms with Crippen LogP contribution in [0, 0.1) is 12.8 Å². The van der Waals surface area contributed by atoms with Crippen LogP contribution in [0.1, 0.15) is 28.9 Å². The monoisotopic (exact) mass is 414 g/mol. The molecular formula is C26H26N2O3. The minimum absolute atomic E-state index is 0.00826. The maximum atomic E-state index is 13.5. The number of carbonyl (C=O) groups excluding carboxylic acids is 1. The Hall–Kier alpha value is -3.44. The molecular weight excluding hydrogens is 388 g/mol. The third-order valence-corrected chi connectivity index (χ3v) is 5.68. The van der Waals surface area contributed by atoms with Crippen molar-refractivity contribution in [2.75, 3.05) is 13.1 Å². The average Bonchev–Trinajstić information content (AvgIpc) is 2.96. The van der Waals surface area contributed by atoms with E-state index >= 15 is 0 Å². The predicted octanol–water partition coefficient (Wildman–Crippen LogP) is 4.65. The van der Waals surface area contributed by atoms with E-state index in [1.54, 1.807) is 6.08 Å². The minimum Gasteiger partial charge on any atom is -0.481 e. The van der Waals surface area contributed by atoms with Crippen LogP contribution in [0.15, 0.2) is 78.4 Å². The zero-order chi connectivity index (χ0) is 21.8. The number of Topliss-reactive ketones (excluding diaryl/α,β-unsaturated/α-hetero) is 1. The molecule has 0 radical (unpaired) electrons. The number of hydrogen-bond acceptors (Lipinski definition) is 3. The van der Waals surface area contributed by atoms with Gasteiger partial charge in [0.15, 0.2) is 5.78 Å². The molecule has 3 aromatic rings. The molecule has 0 aliphatic carbocycles. The average molecular weight is 415 g/mol. The molecule has 5 nitrogen and oxygen atoms in total. The topological polar surface area (TPSA) is 71.3 Å². The molecule has 0 bridgehead atoms. The van der Waals surface area contributed by atoms with Crippen molar-refractivity contribution in [1.29, 1.82) is 0 Å². The highest BCUT2D eigenvalue weighted by atomic mass is 16.4. The first-order valence-electron chi connectivity index (χ1n) is 10.5. The number of nitrogens with one attached hydrogen (secondary N) is 1. The molecule has 31 heavy (non-hydrogen) atoms. The zero-order valence-corrected chi connectivity index (χ0v) is 17.5. The fraction of sp³-hybridized carbons (Fsp3) is 0.231. The van der Waals surface area contributed by atoms with Crippen molar-refractivity contribution in [1.82, 2.24) is 9.88 Å². The Bertz CT molecular complexity index is 1110. The summed E-state index contributed by atoms with van der Waals surface area (Å²) < 4.78 is 2.12. The van der Waals surface area contributed by atoms with Crippen LogP contribution in [0.25, 0.3) is 16.9 Å². The molecule has 2 heterocycles. The van der Waals surface area contributed by atoms with E-state index in [1.807, 2.05) is 73.7 Å². The molecule has 1 aromatic heterocycles. The number of hydrogen-bond donors (Lipinski definition) is 2. The zero-order valence-electron chi connectivity index (χ0n) is 17.5. The van der Waals surface area contributed by atoms with Gasteiger partial charge in [-0.15, -0.1) is 0 Å². The van der Waals surface area contributed by atoms with E-state index in [-0.39, 0.29) is 12.2 Å². The van der Waals surface area contributed by atoms with Gasteiger partial charge in [0.1, 0.15) is 0 Å². The van der Waals surface area contributed by atoms with Crippen LogP contribution in [-0.4, -0.2) is 34.5 Å². The van der Waals surface area contributed by atoms with Crippen LogP contribution in [0.4, 0.5) is 0 Å². The molecule has 2 N–H and O–H groups in total. The fourth-order valence-corrected chi connectivity index (χ4v) is 4.18.